The maximum atomic E-state index is 12.7. The van der Waals surface area contributed by atoms with Crippen LogP contribution in [-0.4, -0.2) is 21.9 Å². The molecule has 0 aromatic heterocycles. The fourth-order valence-corrected chi connectivity index (χ4v) is 2.49. The molecule has 2 unspecified atom stereocenters. The van der Waals surface area contributed by atoms with Crippen LogP contribution in [0.2, 0.25) is 0 Å². The SMILES string of the molecule is CCCCNC(=O)C(C)S(=O)c1ccc(F)cc1. The molecule has 0 heterocycles. The zero-order valence-electron chi connectivity index (χ0n) is 10.6. The van der Waals surface area contributed by atoms with E-state index in [1.807, 2.05) is 6.92 Å². The molecule has 1 amide bonds. The molecule has 100 valence electrons. The van der Waals surface area contributed by atoms with Crippen LogP contribution in [0, 0.1) is 5.82 Å². The summed E-state index contributed by atoms with van der Waals surface area (Å²) in [4.78, 5) is 12.2. The number of amides is 1. The molecule has 0 saturated heterocycles. The van der Waals surface area contributed by atoms with Gasteiger partial charge in [0.1, 0.15) is 11.1 Å². The highest BCUT2D eigenvalue weighted by Gasteiger charge is 2.20. The number of carbonyl (C=O) groups is 1. The molecule has 18 heavy (non-hydrogen) atoms. The van der Waals surface area contributed by atoms with Crippen LogP contribution in [0.3, 0.4) is 0 Å². The highest BCUT2D eigenvalue weighted by Crippen LogP contribution is 2.12. The lowest BCUT2D eigenvalue weighted by Gasteiger charge is -2.11. The maximum Gasteiger partial charge on any atom is 0.235 e. The summed E-state index contributed by atoms with van der Waals surface area (Å²) < 4.78 is 24.8. The van der Waals surface area contributed by atoms with Gasteiger partial charge in [0.05, 0.1) is 10.8 Å². The first kappa shape index (κ1) is 14.8. The van der Waals surface area contributed by atoms with Crippen molar-refractivity contribution in [2.45, 2.75) is 36.8 Å². The summed E-state index contributed by atoms with van der Waals surface area (Å²) in [5.74, 6) is -0.609. The summed E-state index contributed by atoms with van der Waals surface area (Å²) in [6, 6.07) is 5.38. The largest absolute Gasteiger partial charge is 0.355 e. The van der Waals surface area contributed by atoms with Gasteiger partial charge in [0.25, 0.3) is 0 Å². The highest BCUT2D eigenvalue weighted by atomic mass is 32.2. The smallest absolute Gasteiger partial charge is 0.235 e. The lowest BCUT2D eigenvalue weighted by atomic mass is 10.3. The number of halogens is 1. The number of carbonyl (C=O) groups excluding carboxylic acids is 1. The van der Waals surface area contributed by atoms with Gasteiger partial charge in [-0.15, -0.1) is 0 Å². The van der Waals surface area contributed by atoms with Gasteiger partial charge in [-0.25, -0.2) is 4.39 Å². The molecule has 2 atom stereocenters. The number of nitrogens with one attached hydrogen (secondary N) is 1. The van der Waals surface area contributed by atoms with Gasteiger partial charge in [0.15, 0.2) is 0 Å². The van der Waals surface area contributed by atoms with Gasteiger partial charge in [-0.1, -0.05) is 13.3 Å². The Hall–Kier alpha value is -1.23. The second kappa shape index (κ2) is 7.26. The summed E-state index contributed by atoms with van der Waals surface area (Å²) in [6.45, 7) is 4.24. The molecular weight excluding hydrogens is 253 g/mol. The molecule has 0 aliphatic carbocycles. The third kappa shape index (κ3) is 4.22. The van der Waals surface area contributed by atoms with E-state index < -0.39 is 16.0 Å². The molecule has 1 rings (SSSR count). The molecular formula is C13H18FNO2S. The molecule has 1 aromatic rings. The monoisotopic (exact) mass is 271 g/mol. The first-order valence-electron chi connectivity index (χ1n) is 6.00. The van der Waals surface area contributed by atoms with Crippen LogP contribution in [-0.2, 0) is 15.6 Å². The van der Waals surface area contributed by atoms with E-state index in [0.29, 0.717) is 11.4 Å². The van der Waals surface area contributed by atoms with Crippen molar-refractivity contribution in [3.8, 4) is 0 Å². The second-order valence-electron chi connectivity index (χ2n) is 4.04. The normalized spacial score (nSPS) is 13.9. The van der Waals surface area contributed by atoms with Gasteiger partial charge in [-0.2, -0.15) is 0 Å². The molecule has 5 heteroatoms. The molecule has 0 bridgehead atoms. The van der Waals surface area contributed by atoms with Gasteiger partial charge in [0, 0.05) is 11.4 Å². The van der Waals surface area contributed by atoms with Crippen molar-refractivity contribution in [3.63, 3.8) is 0 Å². The second-order valence-corrected chi connectivity index (χ2v) is 5.81. The Bertz CT molecular complexity index is 420. The van der Waals surface area contributed by atoms with Gasteiger partial charge in [-0.3, -0.25) is 9.00 Å². The molecule has 0 spiro atoms. The van der Waals surface area contributed by atoms with Crippen LogP contribution in [0.4, 0.5) is 4.39 Å². The number of benzene rings is 1. The minimum absolute atomic E-state index is 0.230. The average Bonchev–Trinajstić information content (AvgIpc) is 2.38. The fourth-order valence-electron chi connectivity index (χ4n) is 1.40. The topological polar surface area (TPSA) is 46.2 Å². The number of unbranched alkanes of at least 4 members (excludes halogenated alkanes) is 1. The van der Waals surface area contributed by atoms with E-state index in [1.165, 1.54) is 24.3 Å². The van der Waals surface area contributed by atoms with Crippen LogP contribution >= 0.6 is 0 Å². The molecule has 3 nitrogen and oxygen atoms in total. The minimum atomic E-state index is -1.45. The van der Waals surface area contributed by atoms with E-state index >= 15 is 0 Å². The third-order valence-electron chi connectivity index (χ3n) is 2.57. The van der Waals surface area contributed by atoms with E-state index in [-0.39, 0.29) is 11.7 Å². The molecule has 0 fully saturated rings. The van der Waals surface area contributed by atoms with Crippen LogP contribution in [0.25, 0.3) is 0 Å². The van der Waals surface area contributed by atoms with Crippen LogP contribution in [0.1, 0.15) is 26.7 Å². The van der Waals surface area contributed by atoms with Crippen LogP contribution < -0.4 is 5.32 Å². The van der Waals surface area contributed by atoms with Crippen molar-refractivity contribution in [3.05, 3.63) is 30.1 Å². The third-order valence-corrected chi connectivity index (χ3v) is 4.16. The molecule has 0 radical (unpaired) electrons. The van der Waals surface area contributed by atoms with Crippen molar-refractivity contribution in [2.24, 2.45) is 0 Å². The lowest BCUT2D eigenvalue weighted by Crippen LogP contribution is -2.35. The Morgan fingerprint density at radius 2 is 2.00 bits per heavy atom. The standard InChI is InChI=1S/C13H18FNO2S/c1-3-4-9-15-13(16)10(2)18(17)12-7-5-11(14)6-8-12/h5-8,10H,3-4,9H2,1-2H3,(H,15,16). The summed E-state index contributed by atoms with van der Waals surface area (Å²) >= 11 is 0. The fraction of sp³-hybridized carbons (Fsp3) is 0.462. The van der Waals surface area contributed by atoms with Crippen molar-refractivity contribution >= 4 is 16.7 Å². The zero-order valence-corrected chi connectivity index (χ0v) is 11.4. The van der Waals surface area contributed by atoms with Crippen molar-refractivity contribution in [2.75, 3.05) is 6.54 Å². The Kier molecular flexibility index (Phi) is 5.98. The Labute approximate surface area is 109 Å². The molecule has 0 aliphatic heterocycles. The van der Waals surface area contributed by atoms with E-state index in [0.717, 1.165) is 12.8 Å². The Balaban J connectivity index is 2.60. The van der Waals surface area contributed by atoms with Crippen molar-refractivity contribution in [1.82, 2.24) is 5.32 Å². The first-order valence-corrected chi connectivity index (χ1v) is 7.21. The highest BCUT2D eigenvalue weighted by molar-refractivity contribution is 7.86. The summed E-state index contributed by atoms with van der Waals surface area (Å²) in [5.41, 5.74) is 0. The zero-order chi connectivity index (χ0) is 13.5. The maximum absolute atomic E-state index is 12.7. The van der Waals surface area contributed by atoms with Gasteiger partial charge in [-0.05, 0) is 37.6 Å². The number of hydrogen-bond donors (Lipinski definition) is 1. The van der Waals surface area contributed by atoms with Crippen LogP contribution in [0.15, 0.2) is 29.2 Å². The average molecular weight is 271 g/mol. The molecule has 0 aliphatic rings. The molecule has 0 saturated carbocycles. The van der Waals surface area contributed by atoms with E-state index in [4.69, 9.17) is 0 Å². The van der Waals surface area contributed by atoms with E-state index in [2.05, 4.69) is 5.32 Å². The first-order chi connectivity index (χ1) is 8.56. The van der Waals surface area contributed by atoms with E-state index in [1.54, 1.807) is 6.92 Å². The van der Waals surface area contributed by atoms with Gasteiger partial charge in [0.2, 0.25) is 5.91 Å². The summed E-state index contributed by atoms with van der Waals surface area (Å²) in [7, 11) is -1.45. The minimum Gasteiger partial charge on any atom is -0.355 e. The number of rotatable bonds is 6. The van der Waals surface area contributed by atoms with E-state index in [9.17, 15) is 13.4 Å². The molecule has 1 N–H and O–H groups in total. The Morgan fingerprint density at radius 3 is 2.56 bits per heavy atom. The number of hydrogen-bond acceptors (Lipinski definition) is 2. The molecule has 1 aromatic carbocycles. The summed E-state index contributed by atoms with van der Waals surface area (Å²) in [6.07, 6.45) is 1.90. The van der Waals surface area contributed by atoms with Crippen molar-refractivity contribution in [1.29, 1.82) is 0 Å². The predicted molar refractivity (Wildman–Crippen MR) is 70.2 cm³/mol. The van der Waals surface area contributed by atoms with Crippen molar-refractivity contribution < 1.29 is 13.4 Å². The quantitative estimate of drug-likeness (QED) is 0.807. The van der Waals surface area contributed by atoms with Crippen LogP contribution in [0.5, 0.6) is 0 Å². The summed E-state index contributed by atoms with van der Waals surface area (Å²) in [5, 5.41) is 2.11. The van der Waals surface area contributed by atoms with Gasteiger partial charge >= 0.3 is 0 Å². The van der Waals surface area contributed by atoms with Gasteiger partial charge < -0.3 is 5.32 Å². The Morgan fingerprint density at radius 1 is 1.39 bits per heavy atom. The predicted octanol–water partition coefficient (Wildman–Crippen LogP) is 2.24. The lowest BCUT2D eigenvalue weighted by molar-refractivity contribution is -0.120.